The lowest BCUT2D eigenvalue weighted by atomic mass is 9.85. The van der Waals surface area contributed by atoms with Gasteiger partial charge in [-0.2, -0.15) is 5.10 Å². The van der Waals surface area contributed by atoms with E-state index in [0.717, 1.165) is 4.68 Å². The first-order chi connectivity index (χ1) is 16.2. The SMILES string of the molecule is Cc1c(F)cc(-c2ccnn(C)c2=O)cc1NC(=O)C1=CN(C)C(=O)C[C@H]1c1ccc(F)cc1. The van der Waals surface area contributed by atoms with Gasteiger partial charge < -0.3 is 10.2 Å². The molecule has 0 aliphatic carbocycles. The van der Waals surface area contributed by atoms with Gasteiger partial charge in [-0.25, -0.2) is 13.5 Å². The Morgan fingerprint density at radius 1 is 1.09 bits per heavy atom. The lowest BCUT2D eigenvalue weighted by molar-refractivity contribution is -0.128. The van der Waals surface area contributed by atoms with Gasteiger partial charge in [-0.3, -0.25) is 14.4 Å². The fourth-order valence-electron chi connectivity index (χ4n) is 3.89. The maximum Gasteiger partial charge on any atom is 0.274 e. The number of nitrogens with zero attached hydrogens (tertiary/aromatic N) is 3. The summed E-state index contributed by atoms with van der Waals surface area (Å²) in [5, 5.41) is 6.60. The van der Waals surface area contributed by atoms with Crippen molar-refractivity contribution in [3.8, 4) is 11.1 Å². The van der Waals surface area contributed by atoms with Crippen molar-refractivity contribution >= 4 is 17.5 Å². The lowest BCUT2D eigenvalue weighted by Crippen LogP contribution is -2.33. The highest BCUT2D eigenvalue weighted by Crippen LogP contribution is 2.34. The zero-order valence-corrected chi connectivity index (χ0v) is 18.8. The van der Waals surface area contributed by atoms with Crippen LogP contribution in [0.3, 0.4) is 0 Å². The van der Waals surface area contributed by atoms with Crippen LogP contribution < -0.4 is 10.9 Å². The standard InChI is InChI=1S/C25H22F2N4O3/c1-14-21(27)10-16(18-8-9-28-31(3)25(18)34)11-22(14)29-24(33)20-13-30(2)23(32)12-19(20)15-4-6-17(26)7-5-15/h4-11,13,19H,12H2,1-3H3,(H,29,33)/t19-/m0/s1. The molecule has 2 amide bonds. The molecular formula is C25H22F2N4O3. The van der Waals surface area contributed by atoms with Gasteiger partial charge in [0.15, 0.2) is 0 Å². The molecule has 2 heterocycles. The fraction of sp³-hybridized carbons (Fsp3) is 0.200. The minimum Gasteiger partial charge on any atom is -0.322 e. The average Bonchev–Trinajstić information content (AvgIpc) is 2.80. The van der Waals surface area contributed by atoms with Gasteiger partial charge in [0.2, 0.25) is 5.91 Å². The third kappa shape index (κ3) is 4.36. The number of nitrogens with one attached hydrogen (secondary N) is 1. The Kier molecular flexibility index (Phi) is 6.10. The van der Waals surface area contributed by atoms with Crippen molar-refractivity contribution in [1.82, 2.24) is 14.7 Å². The highest BCUT2D eigenvalue weighted by atomic mass is 19.1. The quantitative estimate of drug-likeness (QED) is 0.641. The van der Waals surface area contributed by atoms with Crippen LogP contribution in [0.4, 0.5) is 14.5 Å². The molecule has 0 saturated carbocycles. The zero-order chi connectivity index (χ0) is 24.6. The summed E-state index contributed by atoms with van der Waals surface area (Å²) < 4.78 is 29.3. The number of hydrogen-bond acceptors (Lipinski definition) is 4. The number of carbonyl (C=O) groups is 2. The van der Waals surface area contributed by atoms with E-state index in [4.69, 9.17) is 0 Å². The maximum atomic E-state index is 14.8. The van der Waals surface area contributed by atoms with Gasteiger partial charge in [0.25, 0.3) is 11.5 Å². The van der Waals surface area contributed by atoms with Crippen LogP contribution in [-0.4, -0.2) is 33.5 Å². The smallest absolute Gasteiger partial charge is 0.274 e. The van der Waals surface area contributed by atoms with Gasteiger partial charge >= 0.3 is 0 Å². The third-order valence-corrected chi connectivity index (χ3v) is 5.92. The van der Waals surface area contributed by atoms with Crippen LogP contribution in [0.25, 0.3) is 11.1 Å². The van der Waals surface area contributed by atoms with Crippen LogP contribution in [0.2, 0.25) is 0 Å². The van der Waals surface area contributed by atoms with E-state index in [0.29, 0.717) is 11.1 Å². The van der Waals surface area contributed by atoms with E-state index in [9.17, 15) is 23.2 Å². The highest BCUT2D eigenvalue weighted by Gasteiger charge is 2.31. The first-order valence-electron chi connectivity index (χ1n) is 10.5. The van der Waals surface area contributed by atoms with Gasteiger partial charge in [0, 0.05) is 55.7 Å². The number of amides is 2. The van der Waals surface area contributed by atoms with Crippen molar-refractivity contribution in [3.63, 3.8) is 0 Å². The van der Waals surface area contributed by atoms with Crippen molar-refractivity contribution in [2.24, 2.45) is 7.05 Å². The molecule has 0 fully saturated rings. The van der Waals surface area contributed by atoms with E-state index in [1.807, 2.05) is 0 Å². The molecule has 7 nitrogen and oxygen atoms in total. The first kappa shape index (κ1) is 23.0. The van der Waals surface area contributed by atoms with Gasteiger partial charge in [0.05, 0.1) is 5.56 Å². The van der Waals surface area contributed by atoms with Gasteiger partial charge in [0.1, 0.15) is 11.6 Å². The Morgan fingerprint density at radius 3 is 2.50 bits per heavy atom. The highest BCUT2D eigenvalue weighted by molar-refractivity contribution is 6.07. The molecule has 34 heavy (non-hydrogen) atoms. The second kappa shape index (κ2) is 9.01. The van der Waals surface area contributed by atoms with Crippen LogP contribution in [0.1, 0.15) is 23.5 Å². The van der Waals surface area contributed by atoms with E-state index < -0.39 is 29.0 Å². The summed E-state index contributed by atoms with van der Waals surface area (Å²) in [6, 6.07) is 9.84. The number of anilines is 1. The lowest BCUT2D eigenvalue weighted by Gasteiger charge is -2.28. The van der Waals surface area contributed by atoms with E-state index in [-0.39, 0.29) is 34.7 Å². The molecule has 2 aromatic carbocycles. The molecule has 1 aliphatic rings. The number of benzene rings is 2. The predicted octanol–water partition coefficient (Wildman–Crippen LogP) is 3.50. The van der Waals surface area contributed by atoms with Crippen LogP contribution in [0.15, 0.2) is 65.2 Å². The number of carbonyl (C=O) groups excluding carboxylic acids is 2. The molecule has 0 bridgehead atoms. The van der Waals surface area contributed by atoms with Crippen LogP contribution in [0.5, 0.6) is 0 Å². The monoisotopic (exact) mass is 464 g/mol. The first-order valence-corrected chi connectivity index (χ1v) is 10.5. The molecule has 1 N–H and O–H groups in total. The summed E-state index contributed by atoms with van der Waals surface area (Å²) >= 11 is 0. The molecule has 4 rings (SSSR count). The molecule has 1 aromatic heterocycles. The third-order valence-electron chi connectivity index (χ3n) is 5.92. The molecule has 1 aliphatic heterocycles. The summed E-state index contributed by atoms with van der Waals surface area (Å²) in [7, 11) is 3.03. The molecule has 9 heteroatoms. The largest absolute Gasteiger partial charge is 0.322 e. The maximum absolute atomic E-state index is 14.8. The molecular weight excluding hydrogens is 442 g/mol. The minimum atomic E-state index is -0.592. The Morgan fingerprint density at radius 2 is 1.79 bits per heavy atom. The summed E-state index contributed by atoms with van der Waals surface area (Å²) in [5.41, 5.74) is 1.40. The molecule has 3 aromatic rings. The second-order valence-corrected chi connectivity index (χ2v) is 8.16. The number of aromatic nitrogens is 2. The molecule has 0 spiro atoms. The van der Waals surface area contributed by atoms with Gasteiger partial charge in [-0.15, -0.1) is 0 Å². The summed E-state index contributed by atoms with van der Waals surface area (Å²) in [4.78, 5) is 39.4. The fourth-order valence-corrected chi connectivity index (χ4v) is 3.89. The van der Waals surface area contributed by atoms with Crippen LogP contribution >= 0.6 is 0 Å². The molecule has 1 atom stereocenters. The van der Waals surface area contributed by atoms with Gasteiger partial charge in [-0.05, 0) is 48.4 Å². The van der Waals surface area contributed by atoms with Crippen molar-refractivity contribution in [3.05, 3.63) is 93.5 Å². The normalized spacial score (nSPS) is 15.8. The van der Waals surface area contributed by atoms with Crippen molar-refractivity contribution in [2.75, 3.05) is 12.4 Å². The molecule has 0 radical (unpaired) electrons. The van der Waals surface area contributed by atoms with Crippen molar-refractivity contribution < 1.29 is 18.4 Å². The Balaban J connectivity index is 1.72. The summed E-state index contributed by atoms with van der Waals surface area (Å²) in [5.74, 6) is -2.33. The average molecular weight is 464 g/mol. The van der Waals surface area contributed by atoms with E-state index in [1.165, 1.54) is 73.7 Å². The number of hydrogen-bond donors (Lipinski definition) is 1. The Labute approximate surface area is 194 Å². The topological polar surface area (TPSA) is 84.3 Å². The second-order valence-electron chi connectivity index (χ2n) is 8.16. The van der Waals surface area contributed by atoms with Crippen LogP contribution in [0, 0.1) is 18.6 Å². The summed E-state index contributed by atoms with van der Waals surface area (Å²) in [6.07, 6.45) is 2.89. The van der Waals surface area contributed by atoms with Crippen molar-refractivity contribution in [1.29, 1.82) is 0 Å². The predicted molar refractivity (Wildman–Crippen MR) is 123 cm³/mol. The van der Waals surface area contributed by atoms with E-state index in [2.05, 4.69) is 10.4 Å². The van der Waals surface area contributed by atoms with Gasteiger partial charge in [-0.1, -0.05) is 12.1 Å². The Hall–Kier alpha value is -4.14. The summed E-state index contributed by atoms with van der Waals surface area (Å²) in [6.45, 7) is 1.52. The number of rotatable bonds is 4. The molecule has 174 valence electrons. The molecule has 0 unspecified atom stereocenters. The van der Waals surface area contributed by atoms with E-state index in [1.54, 1.807) is 7.05 Å². The number of halogens is 2. The number of aryl methyl sites for hydroxylation is 1. The van der Waals surface area contributed by atoms with E-state index >= 15 is 0 Å². The Bertz CT molecular complexity index is 1380. The molecule has 0 saturated heterocycles. The van der Waals surface area contributed by atoms with Crippen molar-refractivity contribution in [2.45, 2.75) is 19.3 Å². The zero-order valence-electron chi connectivity index (χ0n) is 18.8. The minimum absolute atomic E-state index is 0.0296. The van der Waals surface area contributed by atoms with Crippen LogP contribution in [-0.2, 0) is 16.6 Å².